The molecule has 10 heteroatoms. The smallest absolute Gasteiger partial charge is 0.338 e. The van der Waals surface area contributed by atoms with Crippen molar-refractivity contribution in [2.24, 2.45) is 4.99 Å². The van der Waals surface area contributed by atoms with Gasteiger partial charge >= 0.3 is 11.9 Å². The molecule has 0 aliphatic carbocycles. The van der Waals surface area contributed by atoms with Crippen LogP contribution in [0.4, 0.5) is 0 Å². The monoisotopic (exact) mass is 633 g/mol. The molecule has 2 aromatic heterocycles. The Morgan fingerprint density at radius 1 is 1.00 bits per heavy atom. The van der Waals surface area contributed by atoms with E-state index in [-0.39, 0.29) is 23.3 Å². The maximum absolute atomic E-state index is 14.3. The molecule has 1 atom stereocenters. The summed E-state index contributed by atoms with van der Waals surface area (Å²) >= 11 is 1.24. The number of esters is 1. The van der Waals surface area contributed by atoms with E-state index in [0.717, 1.165) is 22.5 Å². The summed E-state index contributed by atoms with van der Waals surface area (Å²) in [7, 11) is 1.58. The van der Waals surface area contributed by atoms with Gasteiger partial charge in [-0.2, -0.15) is 0 Å². The molecule has 5 aromatic rings. The number of carboxylic acids is 1. The molecule has 0 saturated heterocycles. The molecule has 6 rings (SSSR count). The minimum atomic E-state index is -1.01. The summed E-state index contributed by atoms with van der Waals surface area (Å²) < 4.78 is 14.9. The van der Waals surface area contributed by atoms with Gasteiger partial charge in [-0.3, -0.25) is 9.36 Å². The van der Waals surface area contributed by atoms with E-state index in [4.69, 9.17) is 14.5 Å². The fourth-order valence-corrected chi connectivity index (χ4v) is 6.78. The number of carbonyl (C=O) groups is 2. The number of hydrogen-bond donors (Lipinski definition) is 1. The summed E-state index contributed by atoms with van der Waals surface area (Å²) in [6.07, 6.45) is 1.82. The number of methoxy groups -OCH3 is 1. The van der Waals surface area contributed by atoms with Crippen LogP contribution in [0.1, 0.15) is 51.4 Å². The minimum absolute atomic E-state index is 0.162. The maximum Gasteiger partial charge on any atom is 0.338 e. The Bertz CT molecular complexity index is 2190. The number of fused-ring (bicyclic) bond motifs is 1. The molecule has 0 radical (unpaired) electrons. The Hall–Kier alpha value is -5.48. The van der Waals surface area contributed by atoms with Gasteiger partial charge in [0.15, 0.2) is 4.80 Å². The molecular formula is C36H31N3O6S. The number of ether oxygens (including phenoxy) is 2. The first-order chi connectivity index (χ1) is 22.2. The van der Waals surface area contributed by atoms with Crippen LogP contribution in [-0.2, 0) is 9.53 Å². The zero-order valence-electron chi connectivity index (χ0n) is 25.7. The number of nitrogens with zero attached hydrogens (tertiary/aromatic N) is 3. The number of rotatable bonds is 8. The third-order valence-electron chi connectivity index (χ3n) is 7.91. The second kappa shape index (κ2) is 12.5. The van der Waals surface area contributed by atoms with Gasteiger partial charge in [0.05, 0.1) is 41.1 Å². The minimum Gasteiger partial charge on any atom is -0.497 e. The highest BCUT2D eigenvalue weighted by atomic mass is 32.1. The lowest BCUT2D eigenvalue weighted by atomic mass is 9.93. The van der Waals surface area contributed by atoms with Crippen molar-refractivity contribution in [1.29, 1.82) is 0 Å². The Morgan fingerprint density at radius 3 is 2.41 bits per heavy atom. The number of hydrogen-bond acceptors (Lipinski definition) is 7. The summed E-state index contributed by atoms with van der Waals surface area (Å²) in [5, 5.41) is 9.51. The molecule has 0 amide bonds. The number of aromatic carboxylic acids is 1. The molecule has 232 valence electrons. The van der Waals surface area contributed by atoms with Crippen LogP contribution < -0.4 is 19.6 Å². The SMILES string of the molecule is CCOC(=O)C1=C(c2ccccc2)N=c2s/c(=C\c3cc(C)n(-c4cccc(C(=O)O)c4)c3C)c(=O)n2[C@@H]1c1ccc(OC)cc1. The number of benzene rings is 3. The third kappa shape index (κ3) is 5.48. The third-order valence-corrected chi connectivity index (χ3v) is 8.90. The Labute approximate surface area is 268 Å². The zero-order valence-corrected chi connectivity index (χ0v) is 26.5. The molecule has 1 aliphatic rings. The van der Waals surface area contributed by atoms with Crippen molar-refractivity contribution in [1.82, 2.24) is 9.13 Å². The topological polar surface area (TPSA) is 112 Å². The van der Waals surface area contributed by atoms with E-state index in [1.807, 2.05) is 79.1 Å². The van der Waals surface area contributed by atoms with Crippen LogP contribution in [0.25, 0.3) is 17.5 Å². The standard InChI is InChI=1S/C36H31N3O6S/c1-5-45-35(43)30-31(23-10-7-6-8-11-23)37-36-39(32(30)24-14-16-28(44-4)17-15-24)33(40)29(46-36)20-26-18-21(2)38(22(26)3)27-13-9-12-25(19-27)34(41)42/h6-20,32H,5H2,1-4H3,(H,41,42)/b29-20-/t32-/m1/s1. The van der Waals surface area contributed by atoms with Gasteiger partial charge in [-0.05, 0) is 74.4 Å². The van der Waals surface area contributed by atoms with E-state index >= 15 is 0 Å². The van der Waals surface area contributed by atoms with Crippen LogP contribution in [0.2, 0.25) is 0 Å². The van der Waals surface area contributed by atoms with Crippen molar-refractivity contribution in [3.63, 3.8) is 0 Å². The van der Waals surface area contributed by atoms with Gasteiger partial charge in [-0.1, -0.05) is 59.9 Å². The van der Waals surface area contributed by atoms with E-state index in [1.165, 1.54) is 11.3 Å². The van der Waals surface area contributed by atoms with E-state index in [0.29, 0.717) is 32.0 Å². The summed E-state index contributed by atoms with van der Waals surface area (Å²) in [5.74, 6) is -0.910. The average molecular weight is 634 g/mol. The summed E-state index contributed by atoms with van der Waals surface area (Å²) in [6, 6.07) is 24.6. The summed E-state index contributed by atoms with van der Waals surface area (Å²) in [4.78, 5) is 44.9. The molecule has 0 saturated carbocycles. The fourth-order valence-electron chi connectivity index (χ4n) is 5.79. The van der Waals surface area contributed by atoms with Crippen molar-refractivity contribution < 1.29 is 24.2 Å². The Kier molecular flexibility index (Phi) is 8.29. The van der Waals surface area contributed by atoms with Crippen molar-refractivity contribution >= 4 is 35.0 Å². The van der Waals surface area contributed by atoms with E-state index in [1.54, 1.807) is 48.9 Å². The molecular weight excluding hydrogens is 602 g/mol. The highest BCUT2D eigenvalue weighted by Crippen LogP contribution is 2.35. The maximum atomic E-state index is 14.3. The zero-order chi connectivity index (χ0) is 32.5. The molecule has 0 unspecified atom stereocenters. The van der Waals surface area contributed by atoms with Gasteiger partial charge < -0.3 is 19.1 Å². The molecule has 0 fully saturated rings. The van der Waals surface area contributed by atoms with Crippen LogP contribution in [0.15, 0.2) is 100 Å². The molecule has 0 bridgehead atoms. The van der Waals surface area contributed by atoms with Gasteiger partial charge in [-0.25, -0.2) is 14.6 Å². The predicted octanol–water partition coefficient (Wildman–Crippen LogP) is 5.05. The molecule has 1 N–H and O–H groups in total. The lowest BCUT2D eigenvalue weighted by Gasteiger charge is -2.26. The summed E-state index contributed by atoms with van der Waals surface area (Å²) in [6.45, 7) is 5.76. The molecule has 1 aliphatic heterocycles. The first-order valence-electron chi connectivity index (χ1n) is 14.7. The van der Waals surface area contributed by atoms with Gasteiger partial charge in [0, 0.05) is 22.6 Å². The van der Waals surface area contributed by atoms with E-state index in [9.17, 15) is 19.5 Å². The average Bonchev–Trinajstić information content (AvgIpc) is 3.53. The largest absolute Gasteiger partial charge is 0.497 e. The highest BCUT2D eigenvalue weighted by Gasteiger charge is 2.35. The molecule has 9 nitrogen and oxygen atoms in total. The number of carboxylic acid groups (broad SMARTS) is 1. The number of thiazole rings is 1. The Morgan fingerprint density at radius 2 is 1.74 bits per heavy atom. The summed E-state index contributed by atoms with van der Waals surface area (Å²) in [5.41, 5.74) is 5.28. The second-order valence-electron chi connectivity index (χ2n) is 10.7. The number of aromatic nitrogens is 2. The lowest BCUT2D eigenvalue weighted by Crippen LogP contribution is -2.40. The van der Waals surface area contributed by atoms with Crippen LogP contribution in [0.5, 0.6) is 5.75 Å². The normalized spacial score (nSPS) is 14.5. The van der Waals surface area contributed by atoms with Crippen molar-refractivity contribution in [2.45, 2.75) is 26.8 Å². The molecule has 46 heavy (non-hydrogen) atoms. The van der Waals surface area contributed by atoms with Gasteiger partial charge in [0.1, 0.15) is 5.75 Å². The lowest BCUT2D eigenvalue weighted by molar-refractivity contribution is -0.138. The molecule has 0 spiro atoms. The van der Waals surface area contributed by atoms with E-state index in [2.05, 4.69) is 0 Å². The van der Waals surface area contributed by atoms with E-state index < -0.39 is 18.0 Å². The molecule has 3 heterocycles. The van der Waals surface area contributed by atoms with Crippen molar-refractivity contribution in [2.75, 3.05) is 13.7 Å². The van der Waals surface area contributed by atoms with Gasteiger partial charge in [0.2, 0.25) is 0 Å². The highest BCUT2D eigenvalue weighted by molar-refractivity contribution is 7.07. The number of aryl methyl sites for hydroxylation is 1. The first kappa shape index (κ1) is 30.5. The predicted molar refractivity (Wildman–Crippen MR) is 176 cm³/mol. The number of carbonyl (C=O) groups excluding carboxylic acids is 1. The Balaban J connectivity index is 1.58. The van der Waals surface area contributed by atoms with Gasteiger partial charge in [0.25, 0.3) is 5.56 Å². The van der Waals surface area contributed by atoms with Crippen molar-refractivity contribution in [3.05, 3.63) is 144 Å². The van der Waals surface area contributed by atoms with Crippen LogP contribution >= 0.6 is 11.3 Å². The first-order valence-corrected chi connectivity index (χ1v) is 15.5. The second-order valence-corrected chi connectivity index (χ2v) is 11.7. The van der Waals surface area contributed by atoms with Gasteiger partial charge in [-0.15, -0.1) is 0 Å². The van der Waals surface area contributed by atoms with Crippen LogP contribution in [0, 0.1) is 13.8 Å². The quantitative estimate of drug-likeness (QED) is 0.240. The van der Waals surface area contributed by atoms with Crippen molar-refractivity contribution in [3.8, 4) is 11.4 Å². The fraction of sp³-hybridized carbons (Fsp3) is 0.167. The van der Waals surface area contributed by atoms with Crippen LogP contribution in [-0.4, -0.2) is 39.9 Å². The van der Waals surface area contributed by atoms with Crippen LogP contribution in [0.3, 0.4) is 0 Å². The molecule has 3 aromatic carbocycles.